The molecule has 3 nitrogen and oxygen atoms in total. The zero-order chi connectivity index (χ0) is 9.97. The van der Waals surface area contributed by atoms with Crippen LogP contribution in [0.5, 0.6) is 0 Å². The smallest absolute Gasteiger partial charge is 0.193 e. The molecule has 1 saturated heterocycles. The lowest BCUT2D eigenvalue weighted by molar-refractivity contribution is -0.0413. The third-order valence-electron chi connectivity index (χ3n) is 2.08. The van der Waals surface area contributed by atoms with Crippen molar-refractivity contribution in [2.24, 2.45) is 0 Å². The van der Waals surface area contributed by atoms with Crippen LogP contribution in [0.3, 0.4) is 0 Å². The molecule has 4 heteroatoms. The minimum atomic E-state index is -0.251. The van der Waals surface area contributed by atoms with Gasteiger partial charge >= 0.3 is 0 Å². The van der Waals surface area contributed by atoms with Crippen LogP contribution in [0.1, 0.15) is 34.2 Å². The molecular formula is C10H12O3S. The summed E-state index contributed by atoms with van der Waals surface area (Å²) in [5.74, 6) is 0.180. The topological polar surface area (TPSA) is 35.5 Å². The Morgan fingerprint density at radius 2 is 2.21 bits per heavy atom. The lowest BCUT2D eigenvalue weighted by Crippen LogP contribution is -1.94. The van der Waals surface area contributed by atoms with Gasteiger partial charge in [-0.25, -0.2) is 0 Å². The molecule has 0 saturated carbocycles. The quantitative estimate of drug-likeness (QED) is 0.722. The molecule has 0 atom stereocenters. The third kappa shape index (κ3) is 1.87. The normalized spacial score (nSPS) is 17.5. The van der Waals surface area contributed by atoms with Crippen LogP contribution < -0.4 is 0 Å². The van der Waals surface area contributed by atoms with E-state index >= 15 is 0 Å². The van der Waals surface area contributed by atoms with Crippen molar-refractivity contribution in [3.8, 4) is 0 Å². The molecular weight excluding hydrogens is 200 g/mol. The number of carbonyl (C=O) groups is 1. The van der Waals surface area contributed by atoms with Gasteiger partial charge in [-0.3, -0.25) is 4.79 Å². The molecule has 0 aliphatic carbocycles. The monoisotopic (exact) mass is 212 g/mol. The summed E-state index contributed by atoms with van der Waals surface area (Å²) >= 11 is 1.46. The van der Waals surface area contributed by atoms with Crippen molar-refractivity contribution in [2.45, 2.75) is 19.6 Å². The highest BCUT2D eigenvalue weighted by atomic mass is 32.1. The molecule has 1 aromatic heterocycles. The Bertz CT molecular complexity index is 326. The number of hydrogen-bond acceptors (Lipinski definition) is 4. The predicted molar refractivity (Wildman–Crippen MR) is 53.6 cm³/mol. The van der Waals surface area contributed by atoms with Crippen LogP contribution in [0, 0.1) is 0 Å². The molecule has 14 heavy (non-hydrogen) atoms. The summed E-state index contributed by atoms with van der Waals surface area (Å²) in [4.78, 5) is 13.1. The van der Waals surface area contributed by atoms with E-state index < -0.39 is 0 Å². The van der Waals surface area contributed by atoms with Gasteiger partial charge in [0, 0.05) is 6.42 Å². The maximum Gasteiger partial charge on any atom is 0.193 e. The van der Waals surface area contributed by atoms with Crippen molar-refractivity contribution in [1.82, 2.24) is 0 Å². The van der Waals surface area contributed by atoms with E-state index in [4.69, 9.17) is 9.47 Å². The van der Waals surface area contributed by atoms with Gasteiger partial charge in [-0.05, 0) is 12.1 Å². The fourth-order valence-corrected chi connectivity index (χ4v) is 2.34. The Morgan fingerprint density at radius 3 is 2.86 bits per heavy atom. The molecule has 1 fully saturated rings. The summed E-state index contributed by atoms with van der Waals surface area (Å²) < 4.78 is 10.7. The standard InChI is InChI=1S/C10H12O3S/c1-2-7(11)8-3-4-9(14-8)10-12-5-6-13-10/h3-4,10H,2,5-6H2,1H3. The van der Waals surface area contributed by atoms with Crippen LogP contribution in [0.2, 0.25) is 0 Å². The van der Waals surface area contributed by atoms with Gasteiger partial charge in [0.15, 0.2) is 12.1 Å². The lowest BCUT2D eigenvalue weighted by Gasteiger charge is -2.04. The van der Waals surface area contributed by atoms with E-state index in [1.807, 2.05) is 19.1 Å². The predicted octanol–water partition coefficient (Wildman–Crippen LogP) is 2.39. The average Bonchev–Trinajstić information content (AvgIpc) is 2.86. The van der Waals surface area contributed by atoms with Crippen LogP contribution in [-0.2, 0) is 9.47 Å². The molecule has 2 rings (SSSR count). The number of thiophene rings is 1. The number of ether oxygens (including phenoxy) is 2. The lowest BCUT2D eigenvalue weighted by atomic mass is 10.2. The van der Waals surface area contributed by atoms with E-state index in [2.05, 4.69) is 0 Å². The fraction of sp³-hybridized carbons (Fsp3) is 0.500. The number of rotatable bonds is 3. The van der Waals surface area contributed by atoms with Crippen molar-refractivity contribution in [3.63, 3.8) is 0 Å². The number of carbonyl (C=O) groups excluding carboxylic acids is 1. The van der Waals surface area contributed by atoms with Gasteiger partial charge in [-0.15, -0.1) is 11.3 Å². The van der Waals surface area contributed by atoms with Gasteiger partial charge in [0.1, 0.15) is 0 Å². The summed E-state index contributed by atoms with van der Waals surface area (Å²) in [5.41, 5.74) is 0. The zero-order valence-electron chi connectivity index (χ0n) is 7.99. The number of ketones is 1. The largest absolute Gasteiger partial charge is 0.345 e. The third-order valence-corrected chi connectivity index (χ3v) is 3.22. The molecule has 1 aliphatic heterocycles. The van der Waals surface area contributed by atoms with E-state index in [0.29, 0.717) is 19.6 Å². The summed E-state index contributed by atoms with van der Waals surface area (Å²) in [6.45, 7) is 3.14. The van der Waals surface area contributed by atoms with Crippen molar-refractivity contribution in [2.75, 3.05) is 13.2 Å². The summed E-state index contributed by atoms with van der Waals surface area (Å²) in [7, 11) is 0. The Labute approximate surface area is 86.6 Å². The molecule has 1 aromatic rings. The highest BCUT2D eigenvalue weighted by molar-refractivity contribution is 7.14. The van der Waals surface area contributed by atoms with Crippen LogP contribution in [-0.4, -0.2) is 19.0 Å². The first-order chi connectivity index (χ1) is 6.81. The fourth-order valence-electron chi connectivity index (χ4n) is 1.33. The number of hydrogen-bond donors (Lipinski definition) is 0. The van der Waals surface area contributed by atoms with E-state index in [9.17, 15) is 4.79 Å². The molecule has 0 spiro atoms. The molecule has 0 unspecified atom stereocenters. The Balaban J connectivity index is 2.12. The van der Waals surface area contributed by atoms with Gasteiger partial charge in [0.05, 0.1) is 23.0 Å². The van der Waals surface area contributed by atoms with Gasteiger partial charge < -0.3 is 9.47 Å². The molecule has 0 radical (unpaired) electrons. The van der Waals surface area contributed by atoms with E-state index in [0.717, 1.165) is 9.75 Å². The Hall–Kier alpha value is -0.710. The van der Waals surface area contributed by atoms with Crippen LogP contribution in [0.4, 0.5) is 0 Å². The Kier molecular flexibility index (Phi) is 2.96. The SMILES string of the molecule is CCC(=O)c1ccc(C2OCCO2)s1. The van der Waals surface area contributed by atoms with Crippen LogP contribution >= 0.6 is 11.3 Å². The van der Waals surface area contributed by atoms with Gasteiger partial charge in [-0.1, -0.05) is 6.92 Å². The molecule has 0 N–H and O–H groups in total. The summed E-state index contributed by atoms with van der Waals surface area (Å²) in [6.07, 6.45) is 0.296. The van der Waals surface area contributed by atoms with E-state index in [1.54, 1.807) is 0 Å². The Morgan fingerprint density at radius 1 is 1.50 bits per heavy atom. The van der Waals surface area contributed by atoms with Crippen molar-refractivity contribution >= 4 is 17.1 Å². The van der Waals surface area contributed by atoms with E-state index in [-0.39, 0.29) is 12.1 Å². The minimum Gasteiger partial charge on any atom is -0.345 e. The number of Topliss-reactive ketones (excluding diaryl/α,β-unsaturated/α-hetero) is 1. The van der Waals surface area contributed by atoms with Crippen LogP contribution in [0.25, 0.3) is 0 Å². The highest BCUT2D eigenvalue weighted by Gasteiger charge is 2.20. The zero-order valence-corrected chi connectivity index (χ0v) is 8.80. The van der Waals surface area contributed by atoms with Gasteiger partial charge in [0.25, 0.3) is 0 Å². The van der Waals surface area contributed by atoms with Gasteiger partial charge in [-0.2, -0.15) is 0 Å². The second-order valence-corrected chi connectivity index (χ2v) is 4.17. The minimum absolute atomic E-state index is 0.180. The van der Waals surface area contributed by atoms with Gasteiger partial charge in [0.2, 0.25) is 0 Å². The molecule has 0 bridgehead atoms. The first kappa shape index (κ1) is 9.83. The van der Waals surface area contributed by atoms with Crippen molar-refractivity contribution in [1.29, 1.82) is 0 Å². The van der Waals surface area contributed by atoms with Crippen LogP contribution in [0.15, 0.2) is 12.1 Å². The molecule has 0 aromatic carbocycles. The molecule has 76 valence electrons. The molecule has 0 amide bonds. The highest BCUT2D eigenvalue weighted by Crippen LogP contribution is 2.29. The first-order valence-corrected chi connectivity index (χ1v) is 5.49. The molecule has 2 heterocycles. The second kappa shape index (κ2) is 4.21. The second-order valence-electron chi connectivity index (χ2n) is 3.05. The van der Waals surface area contributed by atoms with E-state index in [1.165, 1.54) is 11.3 Å². The maximum absolute atomic E-state index is 11.4. The maximum atomic E-state index is 11.4. The average molecular weight is 212 g/mol. The molecule has 1 aliphatic rings. The first-order valence-electron chi connectivity index (χ1n) is 4.67. The summed E-state index contributed by atoms with van der Waals surface area (Å²) in [6, 6.07) is 3.75. The summed E-state index contributed by atoms with van der Waals surface area (Å²) in [5, 5.41) is 0. The van der Waals surface area contributed by atoms with Crippen molar-refractivity contribution in [3.05, 3.63) is 21.9 Å². The van der Waals surface area contributed by atoms with Crippen molar-refractivity contribution < 1.29 is 14.3 Å².